The van der Waals surface area contributed by atoms with E-state index < -0.39 is 16.1 Å². The second kappa shape index (κ2) is 7.99. The normalized spacial score (nSPS) is 11.5. The molecule has 0 aliphatic rings. The largest absolute Gasteiger partial charge is 0.481 e. The lowest BCUT2D eigenvalue weighted by atomic mass is 10.0. The molecule has 0 bridgehead atoms. The average Bonchev–Trinajstić information content (AvgIpc) is 3.05. The molecule has 0 fully saturated rings. The van der Waals surface area contributed by atoms with E-state index in [-0.39, 0.29) is 13.2 Å². The lowest BCUT2D eigenvalue weighted by molar-refractivity contribution is 0.0527. The number of hydrogen-bond donors (Lipinski definition) is 0. The van der Waals surface area contributed by atoms with Crippen molar-refractivity contribution in [2.75, 3.05) is 20.0 Å². The number of hydrogen-bond acceptors (Lipinski definition) is 7. The van der Waals surface area contributed by atoms with Gasteiger partial charge < -0.3 is 13.9 Å². The summed E-state index contributed by atoms with van der Waals surface area (Å²) >= 11 is 0. The number of aromatic nitrogens is 2. The van der Waals surface area contributed by atoms with Crippen molar-refractivity contribution in [3.8, 4) is 17.0 Å². The first kappa shape index (κ1) is 19.8. The van der Waals surface area contributed by atoms with Crippen LogP contribution >= 0.6 is 0 Å². The molecule has 0 aromatic carbocycles. The standard InChI is InChI=1S/C19H20N2O6S/c1-4-26-19(22)15-11-21-10-13(12-27-28(3,23)24)5-7-16(21)18(15)14-6-8-17(25-2)20-9-14/h5-11H,4,12H2,1-3H3. The molecule has 3 aromatic heterocycles. The van der Waals surface area contributed by atoms with Gasteiger partial charge in [-0.1, -0.05) is 6.07 Å². The summed E-state index contributed by atoms with van der Waals surface area (Å²) in [7, 11) is -2.02. The van der Waals surface area contributed by atoms with E-state index >= 15 is 0 Å². The van der Waals surface area contributed by atoms with Gasteiger partial charge in [0.15, 0.2) is 0 Å². The van der Waals surface area contributed by atoms with E-state index in [2.05, 4.69) is 4.98 Å². The van der Waals surface area contributed by atoms with Gasteiger partial charge in [0.05, 0.1) is 37.7 Å². The molecule has 0 saturated carbocycles. The van der Waals surface area contributed by atoms with Gasteiger partial charge in [-0.05, 0) is 24.6 Å². The highest BCUT2D eigenvalue weighted by atomic mass is 32.2. The monoisotopic (exact) mass is 404 g/mol. The van der Waals surface area contributed by atoms with Crippen LogP contribution in [0.25, 0.3) is 16.6 Å². The minimum atomic E-state index is -3.55. The first-order valence-corrected chi connectivity index (χ1v) is 10.3. The summed E-state index contributed by atoms with van der Waals surface area (Å²) in [6.07, 6.45) is 5.98. The number of methoxy groups -OCH3 is 1. The Labute approximate surface area is 162 Å². The van der Waals surface area contributed by atoms with Gasteiger partial charge in [-0.25, -0.2) is 9.78 Å². The van der Waals surface area contributed by atoms with Gasteiger partial charge in [0.1, 0.15) is 0 Å². The zero-order chi connectivity index (χ0) is 20.3. The third-order valence-corrected chi connectivity index (χ3v) is 4.55. The van der Waals surface area contributed by atoms with E-state index in [9.17, 15) is 13.2 Å². The molecular formula is C19H20N2O6S. The maximum atomic E-state index is 12.5. The highest BCUT2D eigenvalue weighted by molar-refractivity contribution is 7.85. The molecule has 0 saturated heterocycles. The number of fused-ring (bicyclic) bond motifs is 1. The molecule has 9 heteroatoms. The van der Waals surface area contributed by atoms with Crippen LogP contribution in [-0.4, -0.2) is 43.7 Å². The Kier molecular flexibility index (Phi) is 5.66. The molecule has 3 rings (SSSR count). The fourth-order valence-corrected chi connectivity index (χ4v) is 3.15. The van der Waals surface area contributed by atoms with Gasteiger partial charge in [0.2, 0.25) is 5.88 Å². The van der Waals surface area contributed by atoms with Crippen molar-refractivity contribution in [3.63, 3.8) is 0 Å². The molecule has 0 radical (unpaired) electrons. The zero-order valence-electron chi connectivity index (χ0n) is 15.7. The molecule has 0 spiro atoms. The summed E-state index contributed by atoms with van der Waals surface area (Å²) in [6.45, 7) is 1.89. The van der Waals surface area contributed by atoms with E-state index in [1.165, 1.54) is 7.11 Å². The van der Waals surface area contributed by atoms with Gasteiger partial charge in [0, 0.05) is 35.8 Å². The Morgan fingerprint density at radius 2 is 1.96 bits per heavy atom. The van der Waals surface area contributed by atoms with Crippen molar-refractivity contribution in [1.82, 2.24) is 9.38 Å². The van der Waals surface area contributed by atoms with Crippen molar-refractivity contribution in [2.24, 2.45) is 0 Å². The van der Waals surface area contributed by atoms with Crippen molar-refractivity contribution in [3.05, 3.63) is 54.0 Å². The fraction of sp³-hybridized carbons (Fsp3) is 0.263. The van der Waals surface area contributed by atoms with Gasteiger partial charge >= 0.3 is 5.97 Å². The van der Waals surface area contributed by atoms with E-state index in [1.807, 2.05) is 6.07 Å². The molecule has 3 heterocycles. The second-order valence-electron chi connectivity index (χ2n) is 6.02. The van der Waals surface area contributed by atoms with Gasteiger partial charge in [-0.3, -0.25) is 4.18 Å². The molecule has 0 unspecified atom stereocenters. The molecule has 28 heavy (non-hydrogen) atoms. The van der Waals surface area contributed by atoms with Crippen LogP contribution in [0.1, 0.15) is 22.8 Å². The van der Waals surface area contributed by atoms with Crippen molar-refractivity contribution >= 4 is 21.6 Å². The smallest absolute Gasteiger partial charge is 0.340 e. The Morgan fingerprint density at radius 1 is 1.18 bits per heavy atom. The Hall–Kier alpha value is -2.91. The summed E-state index contributed by atoms with van der Waals surface area (Å²) in [5.41, 5.74) is 3.17. The minimum absolute atomic E-state index is 0.0961. The van der Waals surface area contributed by atoms with Crippen LogP contribution in [0.5, 0.6) is 5.88 Å². The summed E-state index contributed by atoms with van der Waals surface area (Å²) in [5.74, 6) is 0.0103. The number of pyridine rings is 2. The van der Waals surface area contributed by atoms with Crippen LogP contribution in [-0.2, 0) is 25.6 Å². The lowest BCUT2D eigenvalue weighted by Crippen LogP contribution is -2.04. The number of carbonyl (C=O) groups is 1. The number of rotatable bonds is 7. The van der Waals surface area contributed by atoms with Crippen molar-refractivity contribution in [1.29, 1.82) is 0 Å². The maximum absolute atomic E-state index is 12.5. The third kappa shape index (κ3) is 4.32. The fourth-order valence-electron chi connectivity index (χ4n) is 2.80. The van der Waals surface area contributed by atoms with E-state index in [4.69, 9.17) is 13.7 Å². The maximum Gasteiger partial charge on any atom is 0.340 e. The summed E-state index contributed by atoms with van der Waals surface area (Å²) < 4.78 is 39.3. The second-order valence-corrected chi connectivity index (χ2v) is 7.67. The van der Waals surface area contributed by atoms with E-state index in [0.717, 1.165) is 17.3 Å². The quantitative estimate of drug-likeness (QED) is 0.441. The lowest BCUT2D eigenvalue weighted by Gasteiger charge is -2.07. The topological polar surface area (TPSA) is 96.2 Å². The zero-order valence-corrected chi connectivity index (χ0v) is 16.5. The van der Waals surface area contributed by atoms with Crippen LogP contribution < -0.4 is 4.74 Å². The number of esters is 1. The van der Waals surface area contributed by atoms with Crippen molar-refractivity contribution in [2.45, 2.75) is 13.5 Å². The number of carbonyl (C=O) groups excluding carboxylic acids is 1. The molecule has 8 nitrogen and oxygen atoms in total. The van der Waals surface area contributed by atoms with E-state index in [0.29, 0.717) is 22.6 Å². The summed E-state index contributed by atoms with van der Waals surface area (Å²) in [6, 6.07) is 7.06. The Morgan fingerprint density at radius 3 is 2.57 bits per heavy atom. The predicted octanol–water partition coefficient (Wildman–Crippen LogP) is 2.66. The first-order valence-electron chi connectivity index (χ1n) is 8.48. The van der Waals surface area contributed by atoms with Crippen LogP contribution in [0.2, 0.25) is 0 Å². The van der Waals surface area contributed by atoms with Crippen LogP contribution in [0.15, 0.2) is 42.9 Å². The first-order chi connectivity index (χ1) is 13.3. The highest BCUT2D eigenvalue weighted by Crippen LogP contribution is 2.31. The molecule has 0 N–H and O–H groups in total. The SMILES string of the molecule is CCOC(=O)c1cn2cc(COS(C)(=O)=O)ccc2c1-c1ccc(OC)nc1. The molecule has 0 aliphatic heterocycles. The minimum Gasteiger partial charge on any atom is -0.481 e. The van der Waals surface area contributed by atoms with E-state index in [1.54, 1.807) is 48.1 Å². The predicted molar refractivity (Wildman–Crippen MR) is 103 cm³/mol. The molecule has 148 valence electrons. The van der Waals surface area contributed by atoms with Crippen LogP contribution in [0.3, 0.4) is 0 Å². The average molecular weight is 404 g/mol. The molecular weight excluding hydrogens is 384 g/mol. The number of nitrogens with zero attached hydrogens (tertiary/aromatic N) is 2. The third-order valence-electron chi connectivity index (χ3n) is 4.00. The molecule has 0 aliphatic carbocycles. The highest BCUT2D eigenvalue weighted by Gasteiger charge is 2.20. The molecule has 0 atom stereocenters. The van der Waals surface area contributed by atoms with Gasteiger partial charge in [-0.15, -0.1) is 0 Å². The molecule has 3 aromatic rings. The van der Waals surface area contributed by atoms with Gasteiger partial charge in [-0.2, -0.15) is 8.42 Å². The Balaban J connectivity index is 2.10. The summed E-state index contributed by atoms with van der Waals surface area (Å²) in [4.78, 5) is 16.7. The number of ether oxygens (including phenoxy) is 2. The Bertz CT molecular complexity index is 1100. The van der Waals surface area contributed by atoms with Crippen molar-refractivity contribution < 1.29 is 26.9 Å². The van der Waals surface area contributed by atoms with Crippen LogP contribution in [0.4, 0.5) is 0 Å². The van der Waals surface area contributed by atoms with Crippen LogP contribution in [0, 0.1) is 0 Å². The summed E-state index contributed by atoms with van der Waals surface area (Å²) in [5, 5.41) is 0. The van der Waals surface area contributed by atoms with Gasteiger partial charge in [0.25, 0.3) is 10.1 Å². The molecule has 0 amide bonds.